The third-order valence-corrected chi connectivity index (χ3v) is 3.72. The van der Waals surface area contributed by atoms with Crippen LogP contribution in [-0.4, -0.2) is 36.8 Å². The van der Waals surface area contributed by atoms with E-state index in [1.165, 1.54) is 34.9 Å². The Morgan fingerprint density at radius 3 is 3.09 bits per heavy atom. The first-order chi connectivity index (χ1) is 10.6. The molecule has 22 heavy (non-hydrogen) atoms. The summed E-state index contributed by atoms with van der Waals surface area (Å²) in [4.78, 5) is 18.2. The average Bonchev–Trinajstić information content (AvgIpc) is 3.05. The van der Waals surface area contributed by atoms with Gasteiger partial charge >= 0.3 is 6.16 Å². The molecular formula is C13H11FN4O3S. The van der Waals surface area contributed by atoms with Crippen LogP contribution in [-0.2, 0) is 0 Å². The molecule has 1 aromatic carbocycles. The number of imidazole rings is 1. The molecule has 0 aliphatic heterocycles. The topological polar surface area (TPSA) is 93.0 Å². The smallest absolute Gasteiger partial charge is 0.449 e. The maximum atomic E-state index is 13.9. The number of ether oxygens (including phenoxy) is 1. The number of hydrogen-bond donors (Lipinski definition) is 2. The van der Waals surface area contributed by atoms with Gasteiger partial charge in [-0.3, -0.25) is 0 Å². The van der Waals surface area contributed by atoms with Crippen molar-refractivity contribution in [2.45, 2.75) is 11.8 Å². The van der Waals surface area contributed by atoms with Gasteiger partial charge in [-0.2, -0.15) is 5.10 Å². The maximum Gasteiger partial charge on any atom is 0.511 e. The van der Waals surface area contributed by atoms with E-state index in [0.717, 1.165) is 5.75 Å². The second-order valence-corrected chi connectivity index (χ2v) is 5.59. The number of fused-ring (bicyclic) bond motifs is 1. The van der Waals surface area contributed by atoms with Gasteiger partial charge in [-0.25, -0.2) is 18.9 Å². The van der Waals surface area contributed by atoms with E-state index in [9.17, 15) is 9.18 Å². The highest BCUT2D eigenvalue weighted by atomic mass is 32.2. The third kappa shape index (κ3) is 2.75. The molecule has 2 heterocycles. The van der Waals surface area contributed by atoms with Crippen molar-refractivity contribution in [3.8, 4) is 11.7 Å². The zero-order valence-corrected chi connectivity index (χ0v) is 12.2. The van der Waals surface area contributed by atoms with Gasteiger partial charge in [-0.15, -0.1) is 11.8 Å². The lowest BCUT2D eigenvalue weighted by Crippen LogP contribution is -2.02. The molecule has 0 saturated heterocycles. The van der Waals surface area contributed by atoms with Crippen molar-refractivity contribution >= 4 is 29.0 Å². The number of carboxylic acid groups (broad SMARTS) is 1. The number of nitrogens with zero attached hydrogens (tertiary/aromatic N) is 3. The summed E-state index contributed by atoms with van der Waals surface area (Å²) in [6.07, 6.45) is 1.19. The number of rotatable bonds is 4. The van der Waals surface area contributed by atoms with E-state index in [1.54, 1.807) is 6.07 Å². The zero-order chi connectivity index (χ0) is 15.7. The fourth-order valence-electron chi connectivity index (χ4n) is 1.95. The number of benzene rings is 1. The summed E-state index contributed by atoms with van der Waals surface area (Å²) in [6, 6.07) is 3.04. The molecule has 0 aliphatic carbocycles. The molecule has 0 bridgehead atoms. The molecule has 9 heteroatoms. The highest BCUT2D eigenvalue weighted by molar-refractivity contribution is 7.99. The predicted molar refractivity (Wildman–Crippen MR) is 78.2 cm³/mol. The van der Waals surface area contributed by atoms with E-state index in [1.807, 2.05) is 6.92 Å². The van der Waals surface area contributed by atoms with Crippen LogP contribution >= 0.6 is 11.8 Å². The summed E-state index contributed by atoms with van der Waals surface area (Å²) in [5.74, 6) is 0.856. The maximum absolute atomic E-state index is 13.9. The molecule has 3 rings (SSSR count). The standard InChI is InChI=1S/C13H11FN4O3S/c1-2-22-11-4-10-9(3-8(11)14)16-12(17-10)18-6-7(5-15-18)21-13(19)20/h3-6H,2H2,1H3,(H,16,17)(H,19,20). The number of H-pyrrole nitrogens is 1. The van der Waals surface area contributed by atoms with Gasteiger partial charge < -0.3 is 14.8 Å². The lowest BCUT2D eigenvalue weighted by atomic mass is 10.3. The molecule has 114 valence electrons. The van der Waals surface area contributed by atoms with Crippen molar-refractivity contribution in [1.82, 2.24) is 19.7 Å². The number of halogens is 1. The van der Waals surface area contributed by atoms with Gasteiger partial charge in [0.05, 0.1) is 23.4 Å². The van der Waals surface area contributed by atoms with E-state index in [4.69, 9.17) is 5.11 Å². The van der Waals surface area contributed by atoms with Crippen LogP contribution < -0.4 is 4.74 Å². The first kappa shape index (κ1) is 14.4. The van der Waals surface area contributed by atoms with E-state index in [2.05, 4.69) is 19.8 Å². The Bertz CT molecular complexity index is 845. The van der Waals surface area contributed by atoms with E-state index in [0.29, 0.717) is 21.9 Å². The minimum absolute atomic E-state index is 0.0707. The molecule has 7 nitrogen and oxygen atoms in total. The predicted octanol–water partition coefficient (Wildman–Crippen LogP) is 3.06. The quantitative estimate of drug-likeness (QED) is 0.566. The van der Waals surface area contributed by atoms with Gasteiger partial charge in [-0.1, -0.05) is 6.92 Å². The summed E-state index contributed by atoms with van der Waals surface area (Å²) in [5, 5.41) is 12.5. The van der Waals surface area contributed by atoms with Crippen LogP contribution in [0.1, 0.15) is 6.92 Å². The minimum Gasteiger partial charge on any atom is -0.449 e. The van der Waals surface area contributed by atoms with E-state index < -0.39 is 6.16 Å². The van der Waals surface area contributed by atoms with Crippen LogP contribution in [0, 0.1) is 5.82 Å². The van der Waals surface area contributed by atoms with Crippen molar-refractivity contribution in [3.05, 3.63) is 30.3 Å². The first-order valence-corrected chi connectivity index (χ1v) is 7.33. The number of aromatic amines is 1. The lowest BCUT2D eigenvalue weighted by Gasteiger charge is -1.99. The Labute approximate surface area is 128 Å². The molecule has 0 atom stereocenters. The third-order valence-electron chi connectivity index (χ3n) is 2.80. The molecule has 2 N–H and O–H groups in total. The highest BCUT2D eigenvalue weighted by Crippen LogP contribution is 2.26. The molecule has 0 aliphatic rings. The van der Waals surface area contributed by atoms with Gasteiger partial charge in [-0.05, 0) is 11.8 Å². The van der Waals surface area contributed by atoms with Crippen molar-refractivity contribution in [1.29, 1.82) is 0 Å². The van der Waals surface area contributed by atoms with Crippen LogP contribution in [0.2, 0.25) is 0 Å². The van der Waals surface area contributed by atoms with Crippen LogP contribution in [0.25, 0.3) is 17.0 Å². The largest absolute Gasteiger partial charge is 0.511 e. The monoisotopic (exact) mass is 322 g/mol. The minimum atomic E-state index is -1.42. The summed E-state index contributed by atoms with van der Waals surface area (Å²) in [7, 11) is 0. The van der Waals surface area contributed by atoms with Gasteiger partial charge in [0, 0.05) is 11.0 Å². The number of thioether (sulfide) groups is 1. The molecular weight excluding hydrogens is 311 g/mol. The van der Waals surface area contributed by atoms with Crippen molar-refractivity contribution in [3.63, 3.8) is 0 Å². The molecule has 0 fully saturated rings. The molecule has 0 amide bonds. The Morgan fingerprint density at radius 2 is 2.36 bits per heavy atom. The Hall–Kier alpha value is -2.55. The number of carbonyl (C=O) groups is 1. The number of nitrogens with one attached hydrogen (secondary N) is 1. The molecule has 2 aromatic heterocycles. The van der Waals surface area contributed by atoms with Gasteiger partial charge in [0.25, 0.3) is 0 Å². The number of aromatic nitrogens is 4. The fourth-order valence-corrected chi connectivity index (χ4v) is 2.65. The summed E-state index contributed by atoms with van der Waals surface area (Å²) in [5.41, 5.74) is 1.13. The molecule has 3 aromatic rings. The first-order valence-electron chi connectivity index (χ1n) is 6.34. The number of hydrogen-bond acceptors (Lipinski definition) is 5. The second-order valence-electron chi connectivity index (χ2n) is 4.28. The average molecular weight is 322 g/mol. The van der Waals surface area contributed by atoms with Crippen molar-refractivity contribution < 1.29 is 19.0 Å². The van der Waals surface area contributed by atoms with E-state index in [-0.39, 0.29) is 11.6 Å². The normalized spacial score (nSPS) is 11.0. The Balaban J connectivity index is 1.97. The summed E-state index contributed by atoms with van der Waals surface area (Å²) in [6.45, 7) is 1.94. The Kier molecular flexibility index (Phi) is 3.72. The van der Waals surface area contributed by atoms with Crippen LogP contribution in [0.4, 0.5) is 9.18 Å². The summed E-state index contributed by atoms with van der Waals surface area (Å²) < 4.78 is 19.7. The van der Waals surface area contributed by atoms with Gasteiger partial charge in [0.2, 0.25) is 5.95 Å². The van der Waals surface area contributed by atoms with Crippen molar-refractivity contribution in [2.75, 3.05) is 5.75 Å². The zero-order valence-electron chi connectivity index (χ0n) is 11.4. The van der Waals surface area contributed by atoms with Crippen LogP contribution in [0.5, 0.6) is 5.75 Å². The van der Waals surface area contributed by atoms with Gasteiger partial charge in [0.1, 0.15) is 5.82 Å². The van der Waals surface area contributed by atoms with E-state index >= 15 is 0 Å². The SMILES string of the molecule is CCSc1cc2nc(-n3cc(OC(=O)O)cn3)[nH]c2cc1F. The Morgan fingerprint density at radius 1 is 1.55 bits per heavy atom. The second kappa shape index (κ2) is 5.68. The summed E-state index contributed by atoms with van der Waals surface area (Å²) >= 11 is 1.40. The molecule has 0 saturated carbocycles. The molecule has 0 radical (unpaired) electrons. The lowest BCUT2D eigenvalue weighted by molar-refractivity contribution is 0.144. The fraction of sp³-hybridized carbons (Fsp3) is 0.154. The van der Waals surface area contributed by atoms with Crippen LogP contribution in [0.15, 0.2) is 29.4 Å². The highest BCUT2D eigenvalue weighted by Gasteiger charge is 2.12. The van der Waals surface area contributed by atoms with Gasteiger partial charge in [0.15, 0.2) is 5.75 Å². The molecule has 0 unspecified atom stereocenters. The molecule has 0 spiro atoms. The van der Waals surface area contributed by atoms with Crippen molar-refractivity contribution in [2.24, 2.45) is 0 Å². The van der Waals surface area contributed by atoms with Crippen LogP contribution in [0.3, 0.4) is 0 Å².